The summed E-state index contributed by atoms with van der Waals surface area (Å²) in [7, 11) is -4.47. The van der Waals surface area contributed by atoms with Crippen molar-refractivity contribution < 1.29 is 31.1 Å². The highest BCUT2D eigenvalue weighted by atomic mass is 32.2. The molecule has 108 valence electrons. The van der Waals surface area contributed by atoms with Crippen molar-refractivity contribution in [2.24, 2.45) is 0 Å². The summed E-state index contributed by atoms with van der Waals surface area (Å²) in [5.41, 5.74) is -1.16. The van der Waals surface area contributed by atoms with Crippen LogP contribution < -0.4 is 4.72 Å². The van der Waals surface area contributed by atoms with E-state index < -0.39 is 39.4 Å². The molecule has 0 aliphatic carbocycles. The summed E-state index contributed by atoms with van der Waals surface area (Å²) >= 11 is 0. The molecular weight excluding hydrogens is 299 g/mol. The van der Waals surface area contributed by atoms with Gasteiger partial charge in [0.25, 0.3) is 10.0 Å². The summed E-state index contributed by atoms with van der Waals surface area (Å²) in [6, 6.07) is 2.92. The fraction of sp³-hybridized carbons (Fsp3) is 0.182. The molecule has 9 heteroatoms. The van der Waals surface area contributed by atoms with Crippen LogP contribution in [0.1, 0.15) is 5.56 Å². The zero-order valence-electron chi connectivity index (χ0n) is 9.77. The minimum absolute atomic E-state index is 0.400. The number of halogens is 3. The van der Waals surface area contributed by atoms with Gasteiger partial charge in [0, 0.05) is 0 Å². The number of carbonyl (C=O) groups is 1. The van der Waals surface area contributed by atoms with Gasteiger partial charge >= 0.3 is 12.3 Å². The number of amides is 1. The van der Waals surface area contributed by atoms with Crippen LogP contribution >= 0.6 is 0 Å². The molecule has 0 spiro atoms. The second-order valence-corrected chi connectivity index (χ2v) is 5.09. The summed E-state index contributed by atoms with van der Waals surface area (Å²) in [5.74, 6) is 1.93. The predicted octanol–water partition coefficient (Wildman–Crippen LogP) is 1.75. The third-order valence-electron chi connectivity index (χ3n) is 1.98. The smallest absolute Gasteiger partial charge is 0.422 e. The summed E-state index contributed by atoms with van der Waals surface area (Å²) < 4.78 is 66.4. The third kappa shape index (κ3) is 4.17. The Labute approximate surface area is 112 Å². The second-order valence-electron chi connectivity index (χ2n) is 3.41. The molecule has 1 rings (SSSR count). The molecule has 0 aliphatic rings. The lowest BCUT2D eigenvalue weighted by molar-refractivity contribution is -0.137. The highest BCUT2D eigenvalue weighted by molar-refractivity contribution is 7.90. The number of benzene rings is 1. The fourth-order valence-electron chi connectivity index (χ4n) is 1.14. The number of nitrogens with one attached hydrogen (secondary N) is 1. The van der Waals surface area contributed by atoms with Crippen LogP contribution in [0.2, 0.25) is 0 Å². The van der Waals surface area contributed by atoms with E-state index in [1.807, 2.05) is 5.92 Å². The molecule has 0 aliphatic heterocycles. The highest BCUT2D eigenvalue weighted by Gasteiger charge is 2.32. The van der Waals surface area contributed by atoms with Crippen LogP contribution in [-0.2, 0) is 20.9 Å². The number of hydrogen-bond acceptors (Lipinski definition) is 4. The van der Waals surface area contributed by atoms with Crippen molar-refractivity contribution in [2.75, 3.05) is 6.61 Å². The average Bonchev–Trinajstić information content (AvgIpc) is 2.35. The zero-order valence-corrected chi connectivity index (χ0v) is 10.6. The van der Waals surface area contributed by atoms with E-state index in [0.717, 1.165) is 12.1 Å². The first-order chi connectivity index (χ1) is 9.16. The van der Waals surface area contributed by atoms with Crippen molar-refractivity contribution >= 4 is 16.1 Å². The summed E-state index contributed by atoms with van der Waals surface area (Å²) in [6.07, 6.45) is -1.28. The molecule has 1 N–H and O–H groups in total. The maximum absolute atomic E-state index is 12.5. The van der Waals surface area contributed by atoms with Gasteiger partial charge in [-0.05, 0) is 18.2 Å². The predicted molar refractivity (Wildman–Crippen MR) is 61.9 cm³/mol. The van der Waals surface area contributed by atoms with Crippen LogP contribution in [0.5, 0.6) is 0 Å². The van der Waals surface area contributed by atoms with Gasteiger partial charge in [-0.2, -0.15) is 13.2 Å². The topological polar surface area (TPSA) is 72.5 Å². The molecule has 0 atom stereocenters. The molecule has 1 aromatic rings. The van der Waals surface area contributed by atoms with Crippen LogP contribution in [0, 0.1) is 12.3 Å². The zero-order chi connectivity index (χ0) is 15.4. The highest BCUT2D eigenvalue weighted by Crippen LogP contribution is 2.30. The summed E-state index contributed by atoms with van der Waals surface area (Å²) in [6.45, 7) is -0.468. The fourth-order valence-corrected chi connectivity index (χ4v) is 2.08. The molecule has 0 radical (unpaired) electrons. The molecule has 0 fully saturated rings. The lowest BCUT2D eigenvalue weighted by Gasteiger charge is -2.10. The lowest BCUT2D eigenvalue weighted by Crippen LogP contribution is -2.31. The molecule has 0 aromatic heterocycles. The van der Waals surface area contributed by atoms with E-state index in [4.69, 9.17) is 6.42 Å². The Morgan fingerprint density at radius 3 is 2.60 bits per heavy atom. The maximum atomic E-state index is 12.5. The number of rotatable bonds is 3. The van der Waals surface area contributed by atoms with Gasteiger partial charge in [-0.15, -0.1) is 6.42 Å². The Bertz CT molecular complexity index is 646. The van der Waals surface area contributed by atoms with Gasteiger partial charge in [-0.3, -0.25) is 0 Å². The van der Waals surface area contributed by atoms with Crippen molar-refractivity contribution in [3.8, 4) is 12.3 Å². The molecule has 1 amide bonds. The number of alkyl halides is 3. The Morgan fingerprint density at radius 2 is 2.05 bits per heavy atom. The van der Waals surface area contributed by atoms with E-state index >= 15 is 0 Å². The van der Waals surface area contributed by atoms with Crippen LogP contribution in [0.3, 0.4) is 0 Å². The standard InChI is InChI=1S/C11H8F3NO4S/c1-2-6-19-10(16)15-20(17,18)9-5-3-4-8(7-9)11(12,13)14/h1,3-5,7H,6H2,(H,15,16). The Kier molecular flexibility index (Phi) is 4.62. The maximum Gasteiger partial charge on any atom is 0.422 e. The number of terminal acetylenes is 1. The first kappa shape index (κ1) is 15.8. The van der Waals surface area contributed by atoms with Crippen LogP contribution in [0.25, 0.3) is 0 Å². The van der Waals surface area contributed by atoms with Crippen molar-refractivity contribution in [3.63, 3.8) is 0 Å². The average molecular weight is 307 g/mol. The van der Waals surface area contributed by atoms with E-state index in [-0.39, 0.29) is 0 Å². The molecule has 0 saturated heterocycles. The SMILES string of the molecule is C#CCOC(=O)NS(=O)(=O)c1cccc(C(F)(F)F)c1. The van der Waals surface area contributed by atoms with Gasteiger partial charge < -0.3 is 4.74 Å². The molecule has 20 heavy (non-hydrogen) atoms. The van der Waals surface area contributed by atoms with Gasteiger partial charge in [0.2, 0.25) is 0 Å². The molecule has 5 nitrogen and oxygen atoms in total. The molecule has 0 unspecified atom stereocenters. The summed E-state index contributed by atoms with van der Waals surface area (Å²) in [4.78, 5) is 10.3. The van der Waals surface area contributed by atoms with E-state index in [1.165, 1.54) is 4.72 Å². The number of ether oxygens (including phenoxy) is 1. The van der Waals surface area contributed by atoms with Crippen LogP contribution in [0.15, 0.2) is 29.2 Å². The van der Waals surface area contributed by atoms with E-state index in [2.05, 4.69) is 4.74 Å². The van der Waals surface area contributed by atoms with Crippen molar-refractivity contribution in [3.05, 3.63) is 29.8 Å². The number of carbonyl (C=O) groups excluding carboxylic acids is 1. The van der Waals surface area contributed by atoms with Crippen LogP contribution in [0.4, 0.5) is 18.0 Å². The van der Waals surface area contributed by atoms with Crippen molar-refractivity contribution in [1.29, 1.82) is 0 Å². The van der Waals surface area contributed by atoms with Gasteiger partial charge in [-0.1, -0.05) is 12.0 Å². The Balaban J connectivity index is 2.99. The summed E-state index contributed by atoms with van der Waals surface area (Å²) in [5, 5.41) is 0. The first-order valence-electron chi connectivity index (χ1n) is 4.97. The van der Waals surface area contributed by atoms with E-state index in [0.29, 0.717) is 12.1 Å². The van der Waals surface area contributed by atoms with Crippen molar-refractivity contribution in [1.82, 2.24) is 4.72 Å². The Morgan fingerprint density at radius 1 is 1.40 bits per heavy atom. The van der Waals surface area contributed by atoms with Gasteiger partial charge in [0.05, 0.1) is 10.5 Å². The largest absolute Gasteiger partial charge is 0.436 e. The number of sulfonamides is 1. The van der Waals surface area contributed by atoms with Gasteiger partial charge in [0.15, 0.2) is 6.61 Å². The minimum atomic E-state index is -4.70. The molecule has 0 saturated carbocycles. The Hall–Kier alpha value is -2.21. The second kappa shape index (κ2) is 5.83. The molecule has 0 bridgehead atoms. The van der Waals surface area contributed by atoms with Gasteiger partial charge in [-0.25, -0.2) is 17.9 Å². The van der Waals surface area contributed by atoms with E-state index in [1.54, 1.807) is 0 Å². The molecule has 0 heterocycles. The monoisotopic (exact) mass is 307 g/mol. The van der Waals surface area contributed by atoms with Crippen LogP contribution in [-0.4, -0.2) is 21.1 Å². The third-order valence-corrected chi connectivity index (χ3v) is 3.29. The first-order valence-corrected chi connectivity index (χ1v) is 6.45. The molecular formula is C11H8F3NO4S. The minimum Gasteiger partial charge on any atom is -0.436 e. The van der Waals surface area contributed by atoms with E-state index in [9.17, 15) is 26.4 Å². The normalized spacial score (nSPS) is 11.5. The van der Waals surface area contributed by atoms with Gasteiger partial charge in [0.1, 0.15) is 0 Å². The van der Waals surface area contributed by atoms with Crippen molar-refractivity contribution in [2.45, 2.75) is 11.1 Å². The lowest BCUT2D eigenvalue weighted by atomic mass is 10.2. The quantitative estimate of drug-likeness (QED) is 0.864. The number of hydrogen-bond donors (Lipinski definition) is 1. The molecule has 1 aromatic carbocycles.